The molecule has 13 heteroatoms. The number of hydrogen-bond donors (Lipinski definition) is 2. The van der Waals surface area contributed by atoms with Crippen molar-refractivity contribution in [2.45, 2.75) is 137 Å². The van der Waals surface area contributed by atoms with Gasteiger partial charge in [-0.1, -0.05) is 13.8 Å². The van der Waals surface area contributed by atoms with E-state index in [0.717, 1.165) is 49.8 Å². The molecule has 308 valence electrons. The average molecular weight is 788 g/mol. The molecular weight excluding hydrogens is 730 g/mol. The molecule has 12 nitrogen and oxygen atoms in total. The standard InChI is InChI=1S/C44H58FN5O7/c1-27-31(29-11-13-34(48-35(29)37(53)56-39(2,3)4)49-16-14-28-32(19-49)30(36(51)52)10-12-33(28)45)18-47-50(27)26-43-21-41(8)20-42(9,22-43)24-44(23-41,25-43)55-17-15-46-38(54)57-40(5,6)7/h10-13,18H,14-17,19-26H2,1-9H3,(H,46,54)(H,51,52). The number of nitrogens with one attached hydrogen (secondary N) is 1. The Bertz CT molecular complexity index is 2080. The number of rotatable bonds is 10. The van der Waals surface area contributed by atoms with Gasteiger partial charge in [0.1, 0.15) is 22.8 Å². The summed E-state index contributed by atoms with van der Waals surface area (Å²) < 4.78 is 34.9. The molecule has 4 fully saturated rings. The van der Waals surface area contributed by atoms with Crippen LogP contribution in [0.5, 0.6) is 0 Å². The van der Waals surface area contributed by atoms with Gasteiger partial charge in [0.05, 0.1) is 24.0 Å². The normalized spacial score (nSPS) is 26.6. The minimum Gasteiger partial charge on any atom is -0.478 e. The molecule has 8 rings (SSSR count). The fourth-order valence-corrected chi connectivity index (χ4v) is 11.4. The van der Waals surface area contributed by atoms with E-state index in [1.165, 1.54) is 12.1 Å². The molecule has 4 saturated carbocycles. The molecule has 2 atom stereocenters. The Kier molecular flexibility index (Phi) is 10.1. The van der Waals surface area contributed by atoms with Crippen molar-refractivity contribution >= 4 is 23.8 Å². The Morgan fingerprint density at radius 3 is 2.23 bits per heavy atom. The third kappa shape index (κ3) is 8.40. The van der Waals surface area contributed by atoms with Gasteiger partial charge in [-0.3, -0.25) is 4.68 Å². The fourth-order valence-electron chi connectivity index (χ4n) is 11.4. The van der Waals surface area contributed by atoms with Crippen molar-refractivity contribution in [2.24, 2.45) is 16.2 Å². The third-order valence-electron chi connectivity index (χ3n) is 12.1. The number of anilines is 1. The van der Waals surface area contributed by atoms with E-state index in [-0.39, 0.29) is 39.6 Å². The first-order valence-electron chi connectivity index (χ1n) is 20.2. The van der Waals surface area contributed by atoms with Crippen molar-refractivity contribution in [3.05, 3.63) is 64.4 Å². The molecule has 4 bridgehead atoms. The first-order valence-corrected chi connectivity index (χ1v) is 20.2. The number of pyridine rings is 1. The molecule has 0 radical (unpaired) electrons. The van der Waals surface area contributed by atoms with E-state index in [2.05, 4.69) is 23.8 Å². The average Bonchev–Trinajstić information content (AvgIpc) is 3.41. The van der Waals surface area contributed by atoms with E-state index in [4.69, 9.17) is 24.3 Å². The summed E-state index contributed by atoms with van der Waals surface area (Å²) in [6.07, 6.45) is 7.82. The van der Waals surface area contributed by atoms with Gasteiger partial charge in [-0.15, -0.1) is 0 Å². The second kappa shape index (κ2) is 14.1. The minimum absolute atomic E-state index is 0.0535. The first-order chi connectivity index (χ1) is 26.5. The molecule has 5 aliphatic rings. The highest BCUT2D eigenvalue weighted by atomic mass is 19.1. The van der Waals surface area contributed by atoms with Gasteiger partial charge >= 0.3 is 18.0 Å². The van der Waals surface area contributed by atoms with Crippen LogP contribution in [0.15, 0.2) is 30.5 Å². The molecule has 3 aromatic rings. The maximum atomic E-state index is 14.8. The van der Waals surface area contributed by atoms with Gasteiger partial charge in [-0.05, 0) is 145 Å². The Morgan fingerprint density at radius 1 is 0.895 bits per heavy atom. The lowest BCUT2D eigenvalue weighted by Gasteiger charge is -2.69. The Morgan fingerprint density at radius 2 is 1.58 bits per heavy atom. The van der Waals surface area contributed by atoms with Gasteiger partial charge in [0, 0.05) is 43.0 Å². The number of esters is 1. The van der Waals surface area contributed by atoms with Gasteiger partial charge < -0.3 is 29.5 Å². The smallest absolute Gasteiger partial charge is 0.407 e. The predicted molar refractivity (Wildman–Crippen MR) is 213 cm³/mol. The van der Waals surface area contributed by atoms with Crippen LogP contribution in [0.4, 0.5) is 15.0 Å². The molecule has 0 spiro atoms. The SMILES string of the molecule is Cc1c(-c2ccc(N3CCc4c(F)ccc(C(=O)O)c4C3)nc2C(=O)OC(C)(C)C)cnn1CC12CC3(C)CC(C)(C1)CC(OCCNC(=O)OC(C)(C)C)(C3)C2. The van der Waals surface area contributed by atoms with Gasteiger partial charge in [0.25, 0.3) is 0 Å². The maximum Gasteiger partial charge on any atom is 0.407 e. The Labute approximate surface area is 334 Å². The number of aromatic carboxylic acids is 1. The van der Waals surface area contributed by atoms with E-state index in [1.807, 2.05) is 65.5 Å². The van der Waals surface area contributed by atoms with Crippen molar-refractivity contribution in [3.63, 3.8) is 0 Å². The molecule has 0 saturated heterocycles. The second-order valence-corrected chi connectivity index (χ2v) is 20.0. The molecular formula is C44H58FN5O7. The summed E-state index contributed by atoms with van der Waals surface area (Å²) in [5.74, 6) is -1.65. The molecule has 57 heavy (non-hydrogen) atoms. The summed E-state index contributed by atoms with van der Waals surface area (Å²) in [4.78, 5) is 45.0. The van der Waals surface area contributed by atoms with Crippen LogP contribution in [-0.4, -0.2) is 74.4 Å². The summed E-state index contributed by atoms with van der Waals surface area (Å²) in [7, 11) is 0. The Hall–Kier alpha value is -4.52. The lowest BCUT2D eigenvalue weighted by molar-refractivity contribution is -0.247. The fraction of sp³-hybridized carbons (Fsp3) is 0.614. The highest BCUT2D eigenvalue weighted by molar-refractivity contribution is 5.96. The molecule has 2 aromatic heterocycles. The second-order valence-electron chi connectivity index (χ2n) is 20.0. The van der Waals surface area contributed by atoms with Crippen LogP contribution < -0.4 is 10.2 Å². The highest BCUT2D eigenvalue weighted by Crippen LogP contribution is 2.72. The molecule has 3 heterocycles. The molecule has 1 aliphatic heterocycles. The van der Waals surface area contributed by atoms with Crippen molar-refractivity contribution in [1.82, 2.24) is 20.1 Å². The van der Waals surface area contributed by atoms with E-state index < -0.39 is 35.1 Å². The molecule has 2 unspecified atom stereocenters. The van der Waals surface area contributed by atoms with Gasteiger partial charge in [0.2, 0.25) is 0 Å². The van der Waals surface area contributed by atoms with Crippen LogP contribution in [0.1, 0.15) is 132 Å². The number of carboxylic acid groups (broad SMARTS) is 1. The number of hydrogen-bond acceptors (Lipinski definition) is 9. The topological polar surface area (TPSA) is 145 Å². The van der Waals surface area contributed by atoms with Gasteiger partial charge in [-0.2, -0.15) is 5.10 Å². The van der Waals surface area contributed by atoms with E-state index >= 15 is 0 Å². The minimum atomic E-state index is -1.12. The molecule has 1 amide bonds. The zero-order chi connectivity index (χ0) is 41.3. The van der Waals surface area contributed by atoms with Crippen LogP contribution >= 0.6 is 0 Å². The highest BCUT2D eigenvalue weighted by Gasteiger charge is 2.66. The van der Waals surface area contributed by atoms with Crippen molar-refractivity contribution in [1.29, 1.82) is 0 Å². The number of benzene rings is 1. The van der Waals surface area contributed by atoms with Crippen LogP contribution in [-0.2, 0) is 33.7 Å². The van der Waals surface area contributed by atoms with Crippen LogP contribution in [0.3, 0.4) is 0 Å². The molecule has 2 N–H and O–H groups in total. The van der Waals surface area contributed by atoms with Crippen LogP contribution in [0, 0.1) is 29.0 Å². The number of amides is 1. The van der Waals surface area contributed by atoms with Crippen LogP contribution in [0.2, 0.25) is 0 Å². The van der Waals surface area contributed by atoms with E-state index in [0.29, 0.717) is 55.2 Å². The van der Waals surface area contributed by atoms with Gasteiger partial charge in [0.15, 0.2) is 5.69 Å². The number of halogens is 1. The number of carbonyl (C=O) groups is 3. The molecule has 4 aliphatic carbocycles. The van der Waals surface area contributed by atoms with Crippen LogP contribution in [0.25, 0.3) is 11.1 Å². The lowest BCUT2D eigenvalue weighted by Crippen LogP contribution is -2.64. The summed E-state index contributed by atoms with van der Waals surface area (Å²) in [6.45, 7) is 19.8. The first kappa shape index (κ1) is 40.7. The summed E-state index contributed by atoms with van der Waals surface area (Å²) in [5.41, 5.74) is 1.79. The largest absolute Gasteiger partial charge is 0.478 e. The summed E-state index contributed by atoms with van der Waals surface area (Å²) in [5, 5.41) is 17.6. The number of alkyl carbamates (subject to hydrolysis) is 1. The van der Waals surface area contributed by atoms with Crippen molar-refractivity contribution in [3.8, 4) is 11.1 Å². The van der Waals surface area contributed by atoms with Gasteiger partial charge in [-0.25, -0.2) is 23.8 Å². The number of carboxylic acids is 1. The number of fused-ring (bicyclic) bond motifs is 1. The summed E-state index contributed by atoms with van der Waals surface area (Å²) >= 11 is 0. The monoisotopic (exact) mass is 787 g/mol. The predicted octanol–water partition coefficient (Wildman–Crippen LogP) is 8.27. The van der Waals surface area contributed by atoms with Crippen molar-refractivity contribution in [2.75, 3.05) is 24.6 Å². The zero-order valence-electron chi connectivity index (χ0n) is 34.9. The van der Waals surface area contributed by atoms with Crippen molar-refractivity contribution < 1.29 is 38.1 Å². The number of carbonyl (C=O) groups excluding carboxylic acids is 2. The quantitative estimate of drug-likeness (QED) is 0.152. The zero-order valence-corrected chi connectivity index (χ0v) is 34.9. The number of nitrogens with zero attached hydrogens (tertiary/aromatic N) is 4. The number of ether oxygens (including phenoxy) is 3. The molecule has 1 aromatic carbocycles. The lowest BCUT2D eigenvalue weighted by atomic mass is 9.39. The maximum absolute atomic E-state index is 14.8. The summed E-state index contributed by atoms with van der Waals surface area (Å²) in [6, 6.07) is 6.19. The third-order valence-corrected chi connectivity index (χ3v) is 12.1. The van der Waals surface area contributed by atoms with E-state index in [1.54, 1.807) is 6.20 Å². The van der Waals surface area contributed by atoms with E-state index in [9.17, 15) is 23.9 Å². The number of aromatic nitrogens is 3. The Balaban J connectivity index is 1.15.